The molecule has 0 spiro atoms. The van der Waals surface area contributed by atoms with Crippen molar-refractivity contribution in [2.75, 3.05) is 13.7 Å². The first-order chi connectivity index (χ1) is 20.6. The van der Waals surface area contributed by atoms with Crippen molar-refractivity contribution in [3.8, 4) is 0 Å². The van der Waals surface area contributed by atoms with Gasteiger partial charge in [0.1, 0.15) is 24.4 Å². The van der Waals surface area contributed by atoms with Gasteiger partial charge in [0.15, 0.2) is 5.79 Å². The summed E-state index contributed by atoms with van der Waals surface area (Å²) in [5.74, 6) is -1.11. The number of methoxy groups -OCH3 is 1. The zero-order valence-corrected chi connectivity index (χ0v) is 24.3. The van der Waals surface area contributed by atoms with Crippen LogP contribution in [0, 0.1) is 0 Å². The minimum atomic E-state index is -1.11. The lowest BCUT2D eigenvalue weighted by Crippen LogP contribution is -2.66. The lowest BCUT2D eigenvalue weighted by Gasteiger charge is -2.50. The summed E-state index contributed by atoms with van der Waals surface area (Å²) in [5, 5.41) is 0. The molecule has 0 bridgehead atoms. The zero-order valence-electron chi connectivity index (χ0n) is 24.3. The lowest BCUT2D eigenvalue weighted by atomic mass is 9.92. The van der Waals surface area contributed by atoms with Crippen molar-refractivity contribution in [2.24, 2.45) is 0 Å². The molecule has 42 heavy (non-hydrogen) atoms. The van der Waals surface area contributed by atoms with Crippen LogP contribution in [0.15, 0.2) is 121 Å². The Morgan fingerprint density at radius 3 is 1.40 bits per heavy atom. The highest BCUT2D eigenvalue weighted by Crippen LogP contribution is 2.37. The topological polar surface area (TPSA) is 55.4 Å². The number of rotatable bonds is 14. The predicted molar refractivity (Wildman–Crippen MR) is 161 cm³/mol. The van der Waals surface area contributed by atoms with Crippen molar-refractivity contribution in [3.05, 3.63) is 144 Å². The van der Waals surface area contributed by atoms with E-state index in [1.807, 2.05) is 116 Å². The summed E-state index contributed by atoms with van der Waals surface area (Å²) in [4.78, 5) is 0. The Morgan fingerprint density at radius 1 is 0.548 bits per heavy atom. The minimum Gasteiger partial charge on any atom is -0.374 e. The van der Waals surface area contributed by atoms with Crippen LogP contribution in [0.4, 0.5) is 0 Å². The van der Waals surface area contributed by atoms with Gasteiger partial charge in [-0.15, -0.1) is 0 Å². The van der Waals surface area contributed by atoms with E-state index in [2.05, 4.69) is 12.1 Å². The smallest absolute Gasteiger partial charge is 0.194 e. The first-order valence-electron chi connectivity index (χ1n) is 14.5. The highest BCUT2D eigenvalue weighted by atomic mass is 16.7. The van der Waals surface area contributed by atoms with Gasteiger partial charge in [-0.2, -0.15) is 0 Å². The third kappa shape index (κ3) is 8.13. The average molecular weight is 569 g/mol. The molecule has 0 amide bonds. The number of hydrogen-bond donors (Lipinski definition) is 0. The van der Waals surface area contributed by atoms with Crippen LogP contribution in [0.5, 0.6) is 0 Å². The summed E-state index contributed by atoms with van der Waals surface area (Å²) in [6.45, 7) is 3.81. The van der Waals surface area contributed by atoms with Crippen LogP contribution in [-0.4, -0.2) is 43.9 Å². The summed E-state index contributed by atoms with van der Waals surface area (Å²) in [6, 6.07) is 40.4. The standard InChI is InChI=1S/C36H40O6/c1-36(37-2)35(41-26-31-21-13-6-14-22-31)34(40-25-30-19-11-5-12-20-30)33(39-24-29-17-9-4-10-18-29)32(42-36)27-38-23-28-15-7-3-8-16-28/h3-22,32-35H,23-27H2,1-2H3/t32-,33-,34+,35-,36+/m1/s1. The molecule has 0 saturated carbocycles. The van der Waals surface area contributed by atoms with E-state index in [1.54, 1.807) is 7.11 Å². The molecule has 1 heterocycles. The zero-order chi connectivity index (χ0) is 29.0. The van der Waals surface area contributed by atoms with Crippen LogP contribution >= 0.6 is 0 Å². The fraction of sp³-hybridized carbons (Fsp3) is 0.333. The largest absolute Gasteiger partial charge is 0.374 e. The lowest BCUT2D eigenvalue weighted by molar-refractivity contribution is -0.370. The molecule has 4 aromatic rings. The highest BCUT2D eigenvalue weighted by Gasteiger charge is 2.55. The van der Waals surface area contributed by atoms with E-state index in [1.165, 1.54) is 0 Å². The molecule has 4 aromatic carbocycles. The van der Waals surface area contributed by atoms with E-state index in [0.29, 0.717) is 33.0 Å². The van der Waals surface area contributed by atoms with Gasteiger partial charge >= 0.3 is 0 Å². The predicted octanol–water partition coefficient (Wildman–Crippen LogP) is 6.72. The highest BCUT2D eigenvalue weighted by molar-refractivity contribution is 5.16. The quantitative estimate of drug-likeness (QED) is 0.168. The fourth-order valence-corrected chi connectivity index (χ4v) is 5.20. The van der Waals surface area contributed by atoms with E-state index in [4.69, 9.17) is 28.4 Å². The normalized spacial score (nSPS) is 24.0. The Morgan fingerprint density at radius 2 is 0.952 bits per heavy atom. The fourth-order valence-electron chi connectivity index (χ4n) is 5.20. The number of hydrogen-bond acceptors (Lipinski definition) is 6. The van der Waals surface area contributed by atoms with Gasteiger partial charge in [-0.3, -0.25) is 0 Å². The van der Waals surface area contributed by atoms with E-state index in [-0.39, 0.29) is 0 Å². The Kier molecular flexibility index (Phi) is 10.9. The molecule has 1 fully saturated rings. The second kappa shape index (κ2) is 15.2. The Hall–Kier alpha value is -3.36. The SMILES string of the molecule is CO[C@@]1(C)O[C@H](COCc2ccccc2)[C@@H](OCc2ccccc2)[C@H](OCc2ccccc2)[C@H]1OCc1ccccc1. The third-order valence-electron chi connectivity index (χ3n) is 7.53. The first-order valence-corrected chi connectivity index (χ1v) is 14.5. The molecule has 6 heteroatoms. The van der Waals surface area contributed by atoms with Crippen LogP contribution in [0.3, 0.4) is 0 Å². The first kappa shape index (κ1) is 30.1. The molecule has 1 aliphatic heterocycles. The van der Waals surface area contributed by atoms with Gasteiger partial charge in [-0.25, -0.2) is 0 Å². The second-order valence-electron chi connectivity index (χ2n) is 10.6. The van der Waals surface area contributed by atoms with E-state index < -0.39 is 30.2 Å². The summed E-state index contributed by atoms with van der Waals surface area (Å²) >= 11 is 0. The van der Waals surface area contributed by atoms with Crippen LogP contribution in [-0.2, 0) is 54.8 Å². The van der Waals surface area contributed by atoms with Crippen LogP contribution in [0.2, 0.25) is 0 Å². The van der Waals surface area contributed by atoms with Gasteiger partial charge in [0.05, 0.1) is 33.0 Å². The van der Waals surface area contributed by atoms with E-state index >= 15 is 0 Å². The Balaban J connectivity index is 1.42. The van der Waals surface area contributed by atoms with Crippen molar-refractivity contribution in [1.29, 1.82) is 0 Å². The van der Waals surface area contributed by atoms with E-state index in [0.717, 1.165) is 22.3 Å². The maximum atomic E-state index is 6.70. The molecule has 1 aliphatic rings. The minimum absolute atomic E-state index is 0.296. The van der Waals surface area contributed by atoms with Crippen molar-refractivity contribution < 1.29 is 28.4 Å². The molecule has 0 N–H and O–H groups in total. The molecule has 6 nitrogen and oxygen atoms in total. The van der Waals surface area contributed by atoms with Crippen LogP contribution in [0.25, 0.3) is 0 Å². The van der Waals surface area contributed by atoms with Gasteiger partial charge in [-0.1, -0.05) is 121 Å². The average Bonchev–Trinajstić information content (AvgIpc) is 3.05. The Labute approximate surface area is 249 Å². The molecule has 0 aromatic heterocycles. The maximum Gasteiger partial charge on any atom is 0.194 e. The summed E-state index contributed by atoms with van der Waals surface area (Å²) in [6.07, 6.45) is -2.06. The van der Waals surface area contributed by atoms with Gasteiger partial charge < -0.3 is 28.4 Å². The molecule has 0 radical (unpaired) electrons. The molecular weight excluding hydrogens is 528 g/mol. The van der Waals surface area contributed by atoms with E-state index in [9.17, 15) is 0 Å². The maximum absolute atomic E-state index is 6.70. The van der Waals surface area contributed by atoms with Gasteiger partial charge in [0.2, 0.25) is 0 Å². The van der Waals surface area contributed by atoms with Crippen LogP contribution < -0.4 is 0 Å². The van der Waals surface area contributed by atoms with Crippen molar-refractivity contribution in [3.63, 3.8) is 0 Å². The summed E-state index contributed by atoms with van der Waals surface area (Å²) < 4.78 is 38.8. The molecule has 5 atom stereocenters. The third-order valence-corrected chi connectivity index (χ3v) is 7.53. The van der Waals surface area contributed by atoms with Crippen molar-refractivity contribution in [2.45, 2.75) is 63.6 Å². The number of ether oxygens (including phenoxy) is 6. The second-order valence-corrected chi connectivity index (χ2v) is 10.6. The Bertz CT molecular complexity index is 1300. The van der Waals surface area contributed by atoms with Crippen molar-refractivity contribution >= 4 is 0 Å². The number of benzene rings is 4. The summed E-state index contributed by atoms with van der Waals surface area (Å²) in [7, 11) is 1.64. The molecule has 1 saturated heterocycles. The monoisotopic (exact) mass is 568 g/mol. The molecule has 5 rings (SSSR count). The molecule has 0 aliphatic carbocycles. The van der Waals surface area contributed by atoms with Gasteiger partial charge in [0, 0.05) is 7.11 Å². The molecule has 220 valence electrons. The molecule has 0 unspecified atom stereocenters. The summed E-state index contributed by atoms with van der Waals surface area (Å²) in [5.41, 5.74) is 4.26. The molecular formula is C36H40O6. The van der Waals surface area contributed by atoms with Gasteiger partial charge in [-0.05, 0) is 29.2 Å². The van der Waals surface area contributed by atoms with Crippen LogP contribution in [0.1, 0.15) is 29.2 Å². The van der Waals surface area contributed by atoms with Gasteiger partial charge in [0.25, 0.3) is 0 Å². The van der Waals surface area contributed by atoms with Crippen molar-refractivity contribution in [1.82, 2.24) is 0 Å².